The molecule has 13 heavy (non-hydrogen) atoms. The molecule has 0 radical (unpaired) electrons. The second-order valence-electron chi connectivity index (χ2n) is 3.71. The molecule has 0 aromatic rings. The molecule has 1 saturated heterocycles. The lowest BCUT2D eigenvalue weighted by Crippen LogP contribution is -2.38. The van der Waals surface area contributed by atoms with Crippen LogP contribution in [-0.2, 0) is 4.74 Å². The number of carbonyl (C=O) groups excluding carboxylic acids is 1. The third kappa shape index (κ3) is 1.98. The van der Waals surface area contributed by atoms with E-state index in [1.807, 2.05) is 4.90 Å². The van der Waals surface area contributed by atoms with Crippen LogP contribution in [0.4, 0.5) is 4.79 Å². The molecule has 0 spiro atoms. The van der Waals surface area contributed by atoms with Crippen molar-refractivity contribution in [1.29, 1.82) is 0 Å². The summed E-state index contributed by atoms with van der Waals surface area (Å²) in [4.78, 5) is 13.8. The minimum Gasteiger partial charge on any atom is -0.448 e. The van der Waals surface area contributed by atoms with Crippen LogP contribution in [0.25, 0.3) is 0 Å². The number of amides is 1. The second kappa shape index (κ2) is 3.86. The molecule has 1 amide bonds. The molecule has 1 saturated carbocycles. The van der Waals surface area contributed by atoms with E-state index in [0.717, 1.165) is 19.4 Å². The number of rotatable bonds is 1. The highest BCUT2D eigenvalue weighted by atomic mass is 79.9. The van der Waals surface area contributed by atoms with Crippen molar-refractivity contribution in [1.82, 2.24) is 4.90 Å². The van der Waals surface area contributed by atoms with Crippen molar-refractivity contribution in [3.05, 3.63) is 0 Å². The predicted molar refractivity (Wildman–Crippen MR) is 53.0 cm³/mol. The second-order valence-corrected chi connectivity index (χ2v) is 5.01. The van der Waals surface area contributed by atoms with Crippen molar-refractivity contribution in [2.24, 2.45) is 0 Å². The molecule has 0 bridgehead atoms. The first kappa shape index (κ1) is 9.31. The lowest BCUT2D eigenvalue weighted by atomic mass is 9.94. The monoisotopic (exact) mass is 247 g/mol. The van der Waals surface area contributed by atoms with Crippen LogP contribution in [0.3, 0.4) is 0 Å². The van der Waals surface area contributed by atoms with Crippen LogP contribution in [0.1, 0.15) is 25.7 Å². The third-order valence-electron chi connectivity index (χ3n) is 2.86. The van der Waals surface area contributed by atoms with Crippen LogP contribution in [0.2, 0.25) is 0 Å². The third-order valence-corrected chi connectivity index (χ3v) is 3.77. The maximum Gasteiger partial charge on any atom is 0.410 e. The van der Waals surface area contributed by atoms with Crippen LogP contribution in [-0.4, -0.2) is 35.0 Å². The summed E-state index contributed by atoms with van der Waals surface area (Å²) in [7, 11) is 0. The van der Waals surface area contributed by atoms with Gasteiger partial charge < -0.3 is 9.64 Å². The normalized spacial score (nSPS) is 34.8. The number of alkyl halides is 1. The van der Waals surface area contributed by atoms with Gasteiger partial charge in [-0.1, -0.05) is 15.9 Å². The molecule has 0 aromatic carbocycles. The van der Waals surface area contributed by atoms with E-state index >= 15 is 0 Å². The number of carbonyl (C=O) groups is 1. The van der Waals surface area contributed by atoms with E-state index in [2.05, 4.69) is 15.9 Å². The van der Waals surface area contributed by atoms with Crippen LogP contribution >= 0.6 is 15.9 Å². The van der Waals surface area contributed by atoms with E-state index in [1.165, 1.54) is 12.8 Å². The fourth-order valence-electron chi connectivity index (χ4n) is 2.08. The Morgan fingerprint density at radius 2 is 2.00 bits per heavy atom. The highest BCUT2D eigenvalue weighted by molar-refractivity contribution is 9.09. The van der Waals surface area contributed by atoms with Gasteiger partial charge in [0.2, 0.25) is 0 Å². The molecule has 0 N–H and O–H groups in total. The number of hydrogen-bond donors (Lipinski definition) is 0. The van der Waals surface area contributed by atoms with E-state index < -0.39 is 0 Å². The number of halogens is 1. The Balaban J connectivity index is 1.90. The maximum atomic E-state index is 11.2. The minimum absolute atomic E-state index is 0.113. The molecule has 1 aliphatic carbocycles. The van der Waals surface area contributed by atoms with Crippen molar-refractivity contribution in [2.45, 2.75) is 36.6 Å². The zero-order chi connectivity index (χ0) is 9.26. The Morgan fingerprint density at radius 3 is 2.54 bits per heavy atom. The smallest absolute Gasteiger partial charge is 0.410 e. The summed E-state index contributed by atoms with van der Waals surface area (Å²) in [6.07, 6.45) is 4.47. The van der Waals surface area contributed by atoms with E-state index in [9.17, 15) is 4.79 Å². The molecule has 0 unspecified atom stereocenters. The van der Waals surface area contributed by atoms with Crippen molar-refractivity contribution in [3.63, 3.8) is 0 Å². The standard InChI is InChI=1S/C9H14BrNO2/c10-7-1-3-8(4-2-7)11-5-6-13-9(11)12/h7-8H,1-6H2. The molecule has 74 valence electrons. The summed E-state index contributed by atoms with van der Waals surface area (Å²) in [5.41, 5.74) is 0. The number of nitrogens with zero attached hydrogens (tertiary/aromatic N) is 1. The zero-order valence-corrected chi connectivity index (χ0v) is 9.13. The lowest BCUT2D eigenvalue weighted by Gasteiger charge is -2.31. The predicted octanol–water partition coefficient (Wildman–Crippen LogP) is 2.14. The SMILES string of the molecule is O=C1OCCN1C1CCC(Br)CC1. The average Bonchev–Trinajstić information content (AvgIpc) is 2.53. The Morgan fingerprint density at radius 1 is 1.31 bits per heavy atom. The van der Waals surface area contributed by atoms with Crippen molar-refractivity contribution in [3.8, 4) is 0 Å². The van der Waals surface area contributed by atoms with E-state index in [4.69, 9.17) is 4.74 Å². The summed E-state index contributed by atoms with van der Waals surface area (Å²) < 4.78 is 4.92. The Bertz CT molecular complexity index is 202. The highest BCUT2D eigenvalue weighted by Gasteiger charge is 2.31. The quantitative estimate of drug-likeness (QED) is 0.665. The Kier molecular flexibility index (Phi) is 2.77. The van der Waals surface area contributed by atoms with Crippen molar-refractivity contribution >= 4 is 22.0 Å². The van der Waals surface area contributed by atoms with Gasteiger partial charge in [-0.25, -0.2) is 4.79 Å². The van der Waals surface area contributed by atoms with Gasteiger partial charge >= 0.3 is 6.09 Å². The van der Waals surface area contributed by atoms with E-state index in [0.29, 0.717) is 17.5 Å². The lowest BCUT2D eigenvalue weighted by molar-refractivity contribution is 0.139. The molecule has 2 aliphatic rings. The minimum atomic E-state index is -0.113. The van der Waals surface area contributed by atoms with Gasteiger partial charge in [-0.05, 0) is 25.7 Å². The number of hydrogen-bond acceptors (Lipinski definition) is 2. The van der Waals surface area contributed by atoms with Gasteiger partial charge in [0.25, 0.3) is 0 Å². The fraction of sp³-hybridized carbons (Fsp3) is 0.889. The van der Waals surface area contributed by atoms with Crippen LogP contribution in [0.5, 0.6) is 0 Å². The van der Waals surface area contributed by atoms with Crippen molar-refractivity contribution in [2.75, 3.05) is 13.2 Å². The van der Waals surface area contributed by atoms with E-state index in [1.54, 1.807) is 0 Å². The molecule has 1 heterocycles. The van der Waals surface area contributed by atoms with Crippen molar-refractivity contribution < 1.29 is 9.53 Å². The molecule has 4 heteroatoms. The molecule has 3 nitrogen and oxygen atoms in total. The average molecular weight is 248 g/mol. The van der Waals surface area contributed by atoms with Gasteiger partial charge in [-0.3, -0.25) is 0 Å². The molecular formula is C9H14BrNO2. The Hall–Kier alpha value is -0.250. The first-order valence-corrected chi connectivity index (χ1v) is 5.76. The summed E-state index contributed by atoms with van der Waals surface area (Å²) in [6, 6.07) is 0.434. The van der Waals surface area contributed by atoms with Crippen LogP contribution < -0.4 is 0 Å². The van der Waals surface area contributed by atoms with Gasteiger partial charge in [-0.15, -0.1) is 0 Å². The summed E-state index contributed by atoms with van der Waals surface area (Å²) in [6.45, 7) is 1.36. The summed E-state index contributed by atoms with van der Waals surface area (Å²) in [5, 5.41) is 0. The first-order valence-electron chi connectivity index (χ1n) is 4.85. The zero-order valence-electron chi connectivity index (χ0n) is 7.54. The Labute approximate surface area is 86.5 Å². The highest BCUT2D eigenvalue weighted by Crippen LogP contribution is 2.28. The van der Waals surface area contributed by atoms with Gasteiger partial charge in [0.15, 0.2) is 0 Å². The molecule has 1 aliphatic heterocycles. The fourth-order valence-corrected chi connectivity index (χ4v) is 2.61. The van der Waals surface area contributed by atoms with Gasteiger partial charge in [0.05, 0.1) is 6.54 Å². The summed E-state index contributed by atoms with van der Waals surface area (Å²) in [5.74, 6) is 0. The van der Waals surface area contributed by atoms with Gasteiger partial charge in [0, 0.05) is 10.9 Å². The topological polar surface area (TPSA) is 29.5 Å². The number of ether oxygens (including phenoxy) is 1. The number of cyclic esters (lactones) is 1. The molecule has 0 aromatic heterocycles. The molecular weight excluding hydrogens is 234 g/mol. The van der Waals surface area contributed by atoms with Gasteiger partial charge in [0.1, 0.15) is 6.61 Å². The molecule has 2 rings (SSSR count). The van der Waals surface area contributed by atoms with Crippen LogP contribution in [0, 0.1) is 0 Å². The molecule has 2 fully saturated rings. The largest absolute Gasteiger partial charge is 0.448 e. The van der Waals surface area contributed by atoms with Crippen LogP contribution in [0.15, 0.2) is 0 Å². The first-order chi connectivity index (χ1) is 6.27. The molecule has 0 atom stereocenters. The van der Waals surface area contributed by atoms with Gasteiger partial charge in [-0.2, -0.15) is 0 Å². The maximum absolute atomic E-state index is 11.2. The van der Waals surface area contributed by atoms with E-state index in [-0.39, 0.29) is 6.09 Å². The summed E-state index contributed by atoms with van der Waals surface area (Å²) >= 11 is 3.60.